The lowest BCUT2D eigenvalue weighted by Crippen LogP contribution is -2.48. The predicted octanol–water partition coefficient (Wildman–Crippen LogP) is 1.43. The number of pyridine rings is 2. The van der Waals surface area contributed by atoms with Gasteiger partial charge in [0.15, 0.2) is 0 Å². The highest BCUT2D eigenvalue weighted by molar-refractivity contribution is 5.92. The van der Waals surface area contributed by atoms with Crippen molar-refractivity contribution in [1.82, 2.24) is 19.8 Å². The molecule has 1 fully saturated rings. The Morgan fingerprint density at radius 1 is 1.05 bits per heavy atom. The van der Waals surface area contributed by atoms with Crippen LogP contribution in [-0.2, 0) is 6.54 Å². The zero-order chi connectivity index (χ0) is 14.5. The van der Waals surface area contributed by atoms with E-state index < -0.39 is 0 Å². The van der Waals surface area contributed by atoms with E-state index in [1.54, 1.807) is 18.5 Å². The van der Waals surface area contributed by atoms with Crippen LogP contribution in [0.4, 0.5) is 0 Å². The second kappa shape index (κ2) is 6.45. The van der Waals surface area contributed by atoms with Crippen molar-refractivity contribution in [2.75, 3.05) is 26.2 Å². The summed E-state index contributed by atoms with van der Waals surface area (Å²) in [4.78, 5) is 24.8. The lowest BCUT2D eigenvalue weighted by molar-refractivity contribution is 0.0622. The summed E-state index contributed by atoms with van der Waals surface area (Å²) in [5, 5.41) is 0. The summed E-state index contributed by atoms with van der Waals surface area (Å²) in [5.41, 5.74) is 1.74. The molecule has 3 rings (SSSR count). The molecule has 5 nitrogen and oxygen atoms in total. The molecule has 0 bridgehead atoms. The third-order valence-electron chi connectivity index (χ3n) is 3.67. The molecule has 0 saturated carbocycles. The van der Waals surface area contributed by atoms with E-state index >= 15 is 0 Å². The molecule has 0 unspecified atom stereocenters. The van der Waals surface area contributed by atoms with Crippen LogP contribution in [0.3, 0.4) is 0 Å². The van der Waals surface area contributed by atoms with Gasteiger partial charge >= 0.3 is 0 Å². The number of carbonyl (C=O) groups excluding carboxylic acids is 1. The van der Waals surface area contributed by atoms with Crippen molar-refractivity contribution in [2.45, 2.75) is 6.54 Å². The number of hydrogen-bond donors (Lipinski definition) is 0. The summed E-state index contributed by atoms with van der Waals surface area (Å²) in [7, 11) is 0. The Labute approximate surface area is 124 Å². The van der Waals surface area contributed by atoms with E-state index in [-0.39, 0.29) is 5.91 Å². The molecular weight excluding hydrogens is 264 g/mol. The Hall–Kier alpha value is -2.27. The van der Waals surface area contributed by atoms with Crippen molar-refractivity contribution >= 4 is 5.91 Å². The van der Waals surface area contributed by atoms with Crippen LogP contribution in [0.2, 0.25) is 0 Å². The fourth-order valence-corrected chi connectivity index (χ4v) is 2.51. The molecule has 0 spiro atoms. The number of amides is 1. The summed E-state index contributed by atoms with van der Waals surface area (Å²) in [6.07, 6.45) is 5.34. The number of aromatic nitrogens is 2. The Bertz CT molecular complexity index is 580. The average Bonchev–Trinajstić information content (AvgIpc) is 2.57. The average molecular weight is 282 g/mol. The molecule has 1 aliphatic rings. The van der Waals surface area contributed by atoms with Gasteiger partial charge in [0.2, 0.25) is 0 Å². The lowest BCUT2D eigenvalue weighted by Gasteiger charge is -2.34. The van der Waals surface area contributed by atoms with Crippen molar-refractivity contribution in [1.29, 1.82) is 0 Å². The van der Waals surface area contributed by atoms with Crippen LogP contribution in [0.15, 0.2) is 48.9 Å². The largest absolute Gasteiger partial charge is 0.335 e. The zero-order valence-electron chi connectivity index (χ0n) is 11.9. The van der Waals surface area contributed by atoms with Crippen molar-refractivity contribution < 1.29 is 4.79 Å². The van der Waals surface area contributed by atoms with Gasteiger partial charge < -0.3 is 4.90 Å². The summed E-state index contributed by atoms with van der Waals surface area (Å²) < 4.78 is 0. The molecule has 5 heteroatoms. The second-order valence-electron chi connectivity index (χ2n) is 5.14. The minimum absolute atomic E-state index is 0.0247. The smallest absolute Gasteiger partial charge is 0.272 e. The molecule has 21 heavy (non-hydrogen) atoms. The molecule has 0 radical (unpaired) electrons. The first-order chi connectivity index (χ1) is 10.3. The molecule has 3 heterocycles. The van der Waals surface area contributed by atoms with Gasteiger partial charge in [-0.25, -0.2) is 0 Å². The summed E-state index contributed by atoms with van der Waals surface area (Å²) >= 11 is 0. The predicted molar refractivity (Wildman–Crippen MR) is 79.7 cm³/mol. The van der Waals surface area contributed by atoms with Gasteiger partial charge in [0.05, 0.1) is 0 Å². The van der Waals surface area contributed by atoms with Gasteiger partial charge in [0.25, 0.3) is 5.91 Å². The molecular formula is C16H18N4O. The van der Waals surface area contributed by atoms with Crippen molar-refractivity contribution in [2.24, 2.45) is 0 Å². The molecule has 0 aliphatic carbocycles. The lowest BCUT2D eigenvalue weighted by atomic mass is 10.2. The van der Waals surface area contributed by atoms with Crippen LogP contribution in [-0.4, -0.2) is 51.9 Å². The van der Waals surface area contributed by atoms with Crippen molar-refractivity contribution in [3.05, 3.63) is 60.2 Å². The molecule has 2 aromatic rings. The zero-order valence-corrected chi connectivity index (χ0v) is 11.9. The molecule has 108 valence electrons. The Morgan fingerprint density at radius 3 is 2.57 bits per heavy atom. The monoisotopic (exact) mass is 282 g/mol. The molecule has 1 aliphatic heterocycles. The summed E-state index contributed by atoms with van der Waals surface area (Å²) in [6.45, 7) is 4.14. The van der Waals surface area contributed by atoms with Gasteiger partial charge in [-0.2, -0.15) is 0 Å². The van der Waals surface area contributed by atoms with E-state index in [4.69, 9.17) is 0 Å². The SMILES string of the molecule is O=C(c1ccccn1)N1CCN(Cc2cccnc2)CC1. The van der Waals surface area contributed by atoms with Gasteiger partial charge in [-0.3, -0.25) is 19.7 Å². The highest BCUT2D eigenvalue weighted by atomic mass is 16.2. The van der Waals surface area contributed by atoms with Crippen molar-refractivity contribution in [3.63, 3.8) is 0 Å². The fourth-order valence-electron chi connectivity index (χ4n) is 2.51. The Morgan fingerprint density at radius 2 is 1.90 bits per heavy atom. The van der Waals surface area contributed by atoms with Gasteiger partial charge in [-0.1, -0.05) is 12.1 Å². The molecule has 1 saturated heterocycles. The standard InChI is InChI=1S/C16H18N4O/c21-16(15-5-1-2-7-18-15)20-10-8-19(9-11-20)13-14-4-3-6-17-12-14/h1-7,12H,8-11,13H2. The van der Waals surface area contributed by atoms with Gasteiger partial charge in [-0.15, -0.1) is 0 Å². The van der Waals surface area contributed by atoms with Crippen LogP contribution in [0.1, 0.15) is 16.1 Å². The van der Waals surface area contributed by atoms with E-state index in [2.05, 4.69) is 20.9 Å². The maximum atomic E-state index is 12.3. The topological polar surface area (TPSA) is 49.3 Å². The van der Waals surface area contributed by atoms with Crippen LogP contribution in [0.25, 0.3) is 0 Å². The third kappa shape index (κ3) is 3.44. The van der Waals surface area contributed by atoms with Crippen LogP contribution >= 0.6 is 0 Å². The van der Waals surface area contributed by atoms with Crippen LogP contribution in [0.5, 0.6) is 0 Å². The summed E-state index contributed by atoms with van der Waals surface area (Å²) in [5.74, 6) is 0.0247. The Balaban J connectivity index is 1.54. The number of carbonyl (C=O) groups is 1. The second-order valence-corrected chi connectivity index (χ2v) is 5.14. The van der Waals surface area contributed by atoms with Crippen molar-refractivity contribution in [3.8, 4) is 0 Å². The molecule has 2 aromatic heterocycles. The number of piperazine rings is 1. The first kappa shape index (κ1) is 13.7. The summed E-state index contributed by atoms with van der Waals surface area (Å²) in [6, 6.07) is 9.47. The number of nitrogens with zero attached hydrogens (tertiary/aromatic N) is 4. The van der Waals surface area contributed by atoms with E-state index in [0.29, 0.717) is 5.69 Å². The maximum absolute atomic E-state index is 12.3. The Kier molecular flexibility index (Phi) is 4.21. The minimum atomic E-state index is 0.0247. The first-order valence-electron chi connectivity index (χ1n) is 7.14. The highest BCUT2D eigenvalue weighted by Crippen LogP contribution is 2.10. The van der Waals surface area contributed by atoms with E-state index in [9.17, 15) is 4.79 Å². The molecule has 0 N–H and O–H groups in total. The number of hydrogen-bond acceptors (Lipinski definition) is 4. The quantitative estimate of drug-likeness (QED) is 0.854. The maximum Gasteiger partial charge on any atom is 0.272 e. The minimum Gasteiger partial charge on any atom is -0.335 e. The molecule has 0 aromatic carbocycles. The molecule has 1 amide bonds. The van der Waals surface area contributed by atoms with E-state index in [0.717, 1.165) is 32.7 Å². The third-order valence-corrected chi connectivity index (χ3v) is 3.67. The fraction of sp³-hybridized carbons (Fsp3) is 0.312. The number of rotatable bonds is 3. The first-order valence-corrected chi connectivity index (χ1v) is 7.14. The normalized spacial score (nSPS) is 15.9. The van der Waals surface area contributed by atoms with E-state index in [1.165, 1.54) is 5.56 Å². The van der Waals surface area contributed by atoms with E-state index in [1.807, 2.05) is 29.3 Å². The van der Waals surface area contributed by atoms with Gasteiger partial charge in [0, 0.05) is 51.3 Å². The highest BCUT2D eigenvalue weighted by Gasteiger charge is 2.22. The molecule has 0 atom stereocenters. The van der Waals surface area contributed by atoms with Crippen LogP contribution in [0, 0.1) is 0 Å². The van der Waals surface area contributed by atoms with Crippen LogP contribution < -0.4 is 0 Å². The van der Waals surface area contributed by atoms with Gasteiger partial charge in [-0.05, 0) is 23.8 Å². The van der Waals surface area contributed by atoms with Gasteiger partial charge in [0.1, 0.15) is 5.69 Å².